The van der Waals surface area contributed by atoms with Gasteiger partial charge in [-0.15, -0.1) is 0 Å². The summed E-state index contributed by atoms with van der Waals surface area (Å²) in [5.74, 6) is 0.578. The third kappa shape index (κ3) is 4.11. The lowest BCUT2D eigenvalue weighted by atomic mass is 10.1. The van der Waals surface area contributed by atoms with Crippen molar-refractivity contribution in [2.24, 2.45) is 5.92 Å². The first kappa shape index (κ1) is 22.0. The number of aromatic amines is 2. The largest absolute Gasteiger partial charge is 0.368 e. The molecule has 0 aromatic carbocycles. The Morgan fingerprint density at radius 1 is 1.03 bits per heavy atom. The lowest BCUT2D eigenvalue weighted by Gasteiger charge is -2.34. The van der Waals surface area contributed by atoms with Crippen LogP contribution >= 0.6 is 0 Å². The summed E-state index contributed by atoms with van der Waals surface area (Å²) in [4.78, 5) is 22.0. The van der Waals surface area contributed by atoms with Crippen molar-refractivity contribution in [3.63, 3.8) is 0 Å². The second-order valence-corrected chi connectivity index (χ2v) is 10.1. The molecule has 1 saturated heterocycles. The van der Waals surface area contributed by atoms with Gasteiger partial charge in [0.1, 0.15) is 11.3 Å². The van der Waals surface area contributed by atoms with E-state index in [1.165, 1.54) is 18.5 Å². The molecule has 9 nitrogen and oxygen atoms in total. The van der Waals surface area contributed by atoms with Gasteiger partial charge in [0.05, 0.1) is 35.0 Å². The fourth-order valence-corrected chi connectivity index (χ4v) is 5.11. The van der Waals surface area contributed by atoms with Gasteiger partial charge in [0.15, 0.2) is 0 Å². The normalized spacial score (nSPS) is 16.5. The van der Waals surface area contributed by atoms with Crippen LogP contribution in [0.15, 0.2) is 61.3 Å². The Labute approximate surface area is 214 Å². The second kappa shape index (κ2) is 8.70. The maximum atomic E-state index is 4.68. The molecule has 5 aromatic heterocycles. The van der Waals surface area contributed by atoms with Crippen LogP contribution in [0.3, 0.4) is 0 Å². The van der Waals surface area contributed by atoms with Gasteiger partial charge in [-0.05, 0) is 50.1 Å². The number of hydrogen-bond donors (Lipinski definition) is 3. The Bertz CT molecular complexity index is 1620. The summed E-state index contributed by atoms with van der Waals surface area (Å²) in [7, 11) is 2.17. The summed E-state index contributed by atoms with van der Waals surface area (Å²) in [5, 5.41) is 13.3. The van der Waals surface area contributed by atoms with E-state index in [0.29, 0.717) is 5.92 Å². The van der Waals surface area contributed by atoms with Crippen LogP contribution in [-0.2, 0) is 0 Å². The number of anilines is 2. The molecule has 0 radical (unpaired) electrons. The Morgan fingerprint density at radius 3 is 2.73 bits per heavy atom. The van der Waals surface area contributed by atoms with Crippen molar-refractivity contribution in [1.82, 2.24) is 35.0 Å². The van der Waals surface area contributed by atoms with Crippen molar-refractivity contribution >= 4 is 33.3 Å². The van der Waals surface area contributed by atoms with Crippen LogP contribution < -0.4 is 10.2 Å². The number of aromatic nitrogens is 6. The van der Waals surface area contributed by atoms with Crippen LogP contribution in [0.1, 0.15) is 12.8 Å². The molecule has 0 bridgehead atoms. The van der Waals surface area contributed by atoms with E-state index in [9.17, 15) is 0 Å². The summed E-state index contributed by atoms with van der Waals surface area (Å²) in [5.41, 5.74) is 8.53. The monoisotopic (exact) mass is 491 g/mol. The Balaban J connectivity index is 1.24. The number of nitrogens with one attached hydrogen (secondary N) is 3. The van der Waals surface area contributed by atoms with E-state index in [1.54, 1.807) is 0 Å². The number of H-pyrrole nitrogens is 2. The Morgan fingerprint density at radius 2 is 1.89 bits per heavy atom. The highest BCUT2D eigenvalue weighted by atomic mass is 15.2. The molecule has 0 spiro atoms. The van der Waals surface area contributed by atoms with Crippen LogP contribution in [-0.4, -0.2) is 68.3 Å². The van der Waals surface area contributed by atoms with E-state index in [4.69, 9.17) is 0 Å². The van der Waals surface area contributed by atoms with E-state index in [2.05, 4.69) is 83.1 Å². The maximum Gasteiger partial charge on any atom is 0.139 e. The first-order chi connectivity index (χ1) is 18.1. The van der Waals surface area contributed by atoms with Crippen LogP contribution in [0.4, 0.5) is 11.4 Å². The highest BCUT2D eigenvalue weighted by molar-refractivity contribution is 5.99. The second-order valence-electron chi connectivity index (χ2n) is 10.1. The van der Waals surface area contributed by atoms with Crippen molar-refractivity contribution in [2.45, 2.75) is 12.8 Å². The quantitative estimate of drug-likeness (QED) is 0.318. The molecule has 9 heteroatoms. The van der Waals surface area contributed by atoms with E-state index in [1.807, 2.05) is 24.8 Å². The smallest absolute Gasteiger partial charge is 0.139 e. The Kier molecular flexibility index (Phi) is 5.17. The fourth-order valence-electron chi connectivity index (χ4n) is 5.11. The zero-order valence-electron chi connectivity index (χ0n) is 20.8. The average molecular weight is 492 g/mol. The van der Waals surface area contributed by atoms with Crippen molar-refractivity contribution in [3.8, 4) is 22.6 Å². The molecule has 1 aliphatic heterocycles. The number of nitrogens with zero attached hydrogens (tertiary/aromatic N) is 6. The van der Waals surface area contributed by atoms with E-state index >= 15 is 0 Å². The molecule has 1 saturated carbocycles. The number of pyridine rings is 3. The molecular formula is C28H29N9. The zero-order valence-corrected chi connectivity index (χ0v) is 20.8. The molecular weight excluding hydrogens is 462 g/mol. The number of piperazine rings is 1. The van der Waals surface area contributed by atoms with Gasteiger partial charge in [0, 0.05) is 66.3 Å². The summed E-state index contributed by atoms with van der Waals surface area (Å²) < 4.78 is 0. The molecule has 37 heavy (non-hydrogen) atoms. The molecule has 0 amide bonds. The minimum absolute atomic E-state index is 0.578. The van der Waals surface area contributed by atoms with Gasteiger partial charge in [-0.3, -0.25) is 15.1 Å². The van der Waals surface area contributed by atoms with Gasteiger partial charge >= 0.3 is 0 Å². The van der Waals surface area contributed by atoms with E-state index in [-0.39, 0.29) is 0 Å². The SMILES string of the molecule is C=C(Nc1cncc(-c2cc3c(-c4cc5c(N6CCN(C)CC6)ccnc5[nH]4)n[nH]c3cn2)c1)C1CC1. The van der Waals surface area contributed by atoms with Gasteiger partial charge in [-0.1, -0.05) is 6.58 Å². The van der Waals surface area contributed by atoms with E-state index in [0.717, 1.165) is 82.1 Å². The third-order valence-corrected chi connectivity index (χ3v) is 7.46. The number of rotatable bonds is 6. The van der Waals surface area contributed by atoms with Crippen molar-refractivity contribution in [1.29, 1.82) is 0 Å². The lowest BCUT2D eigenvalue weighted by molar-refractivity contribution is 0.313. The summed E-state index contributed by atoms with van der Waals surface area (Å²) in [6.45, 7) is 8.30. The summed E-state index contributed by atoms with van der Waals surface area (Å²) >= 11 is 0. The molecule has 2 aliphatic rings. The number of hydrogen-bond acceptors (Lipinski definition) is 7. The summed E-state index contributed by atoms with van der Waals surface area (Å²) in [6.07, 6.45) is 9.80. The molecule has 5 aromatic rings. The van der Waals surface area contributed by atoms with Gasteiger partial charge in [0.2, 0.25) is 0 Å². The standard InChI is InChI=1S/C28H29N9/c1-17(18-3-4-18)32-20-11-19(14-29-15-20)23-12-21-25(16-31-23)34-35-27(21)24-13-22-26(5-6-30-28(22)33-24)37-9-7-36(2)8-10-37/h5-6,11-16,18,32H,1,3-4,7-10H2,2H3,(H,30,33)(H,34,35). The van der Waals surface area contributed by atoms with Crippen molar-refractivity contribution < 1.29 is 0 Å². The number of likely N-dealkylation sites (N-methyl/N-ethyl adjacent to an activating group) is 1. The van der Waals surface area contributed by atoms with Crippen LogP contribution in [0, 0.1) is 5.92 Å². The average Bonchev–Trinajstić information content (AvgIpc) is 3.55. The molecule has 3 N–H and O–H groups in total. The zero-order chi connectivity index (χ0) is 24.9. The van der Waals surface area contributed by atoms with Crippen LogP contribution in [0.2, 0.25) is 0 Å². The predicted molar refractivity (Wildman–Crippen MR) is 147 cm³/mol. The molecule has 0 unspecified atom stereocenters. The third-order valence-electron chi connectivity index (χ3n) is 7.46. The highest BCUT2D eigenvalue weighted by Gasteiger charge is 2.25. The Hall–Kier alpha value is -4.24. The molecule has 6 heterocycles. The first-order valence-corrected chi connectivity index (χ1v) is 12.8. The summed E-state index contributed by atoms with van der Waals surface area (Å²) in [6, 6.07) is 8.43. The van der Waals surface area contributed by atoms with Crippen LogP contribution in [0.5, 0.6) is 0 Å². The first-order valence-electron chi connectivity index (χ1n) is 12.8. The molecule has 7 rings (SSSR count). The minimum atomic E-state index is 0.578. The lowest BCUT2D eigenvalue weighted by Crippen LogP contribution is -2.44. The van der Waals surface area contributed by atoms with Gasteiger partial charge in [-0.25, -0.2) is 4.98 Å². The van der Waals surface area contributed by atoms with Crippen molar-refractivity contribution in [2.75, 3.05) is 43.4 Å². The van der Waals surface area contributed by atoms with Crippen LogP contribution in [0.25, 0.3) is 44.6 Å². The van der Waals surface area contributed by atoms with Gasteiger partial charge < -0.3 is 20.1 Å². The van der Waals surface area contributed by atoms with Gasteiger partial charge in [-0.2, -0.15) is 5.10 Å². The topological polar surface area (TPSA) is 102 Å². The number of fused-ring (bicyclic) bond motifs is 2. The van der Waals surface area contributed by atoms with E-state index < -0.39 is 0 Å². The number of allylic oxidation sites excluding steroid dienone is 1. The molecule has 0 atom stereocenters. The van der Waals surface area contributed by atoms with Gasteiger partial charge in [0.25, 0.3) is 0 Å². The highest BCUT2D eigenvalue weighted by Crippen LogP contribution is 2.37. The minimum Gasteiger partial charge on any atom is -0.368 e. The fraction of sp³-hybridized carbons (Fsp3) is 0.286. The molecule has 186 valence electrons. The molecule has 1 aliphatic carbocycles. The predicted octanol–water partition coefficient (Wildman–Crippen LogP) is 4.65. The van der Waals surface area contributed by atoms with Crippen molar-refractivity contribution in [3.05, 3.63) is 61.3 Å². The molecule has 2 fully saturated rings. The maximum absolute atomic E-state index is 4.68.